The molecule has 0 amide bonds. The van der Waals surface area contributed by atoms with Crippen LogP contribution >= 0.6 is 0 Å². The van der Waals surface area contributed by atoms with Gasteiger partial charge in [-0.25, -0.2) is 0 Å². The van der Waals surface area contributed by atoms with E-state index in [1.165, 1.54) is 5.92 Å². The monoisotopic (exact) mass is 98.1 g/mol. The Bertz CT molecular complexity index is 45.5. The molecule has 0 radical (unpaired) electrons. The van der Waals surface area contributed by atoms with Crippen LogP contribution in [0.25, 0.3) is 0 Å². The summed E-state index contributed by atoms with van der Waals surface area (Å²) in [4.78, 5) is 0. The van der Waals surface area contributed by atoms with Gasteiger partial charge in [-0.1, -0.05) is 0 Å². The van der Waals surface area contributed by atoms with Crippen LogP contribution in [0.2, 0.25) is 0 Å². The summed E-state index contributed by atoms with van der Waals surface area (Å²) in [7, 11) is 0. The Morgan fingerprint density at radius 1 is 1.29 bits per heavy atom. The van der Waals surface area contributed by atoms with Crippen LogP contribution in [-0.2, 0) is 0 Å². The third-order valence-corrected chi connectivity index (χ3v) is 1.35. The van der Waals surface area contributed by atoms with Crippen LogP contribution in [0.5, 0.6) is 0 Å². The Morgan fingerprint density at radius 2 is 1.43 bits per heavy atom. The fourth-order valence-corrected chi connectivity index (χ4v) is 0. The van der Waals surface area contributed by atoms with Crippen LogP contribution < -0.4 is 0 Å². The highest BCUT2D eigenvalue weighted by molar-refractivity contribution is 4.96. The standard InChI is InChI=1S/C7H14/c1-6(2)7(3,4)5/h3H2,1-2,4-5H3/q-2. The molecule has 0 rings (SSSR count). The van der Waals surface area contributed by atoms with Crippen molar-refractivity contribution in [2.24, 2.45) is 5.41 Å². The van der Waals surface area contributed by atoms with E-state index in [1.54, 1.807) is 0 Å². The zero-order valence-electron chi connectivity index (χ0n) is 5.71. The normalized spacial score (nSPS) is 12.9. The molecule has 0 bridgehead atoms. The van der Waals surface area contributed by atoms with Gasteiger partial charge >= 0.3 is 0 Å². The molecule has 0 aliphatic carbocycles. The second-order valence-corrected chi connectivity index (χ2v) is 2.88. The van der Waals surface area contributed by atoms with Crippen LogP contribution in [0.1, 0.15) is 27.7 Å². The summed E-state index contributed by atoms with van der Waals surface area (Å²) in [6.07, 6.45) is 0. The van der Waals surface area contributed by atoms with Gasteiger partial charge in [0.05, 0.1) is 0 Å². The van der Waals surface area contributed by atoms with Crippen molar-refractivity contribution in [2.45, 2.75) is 27.7 Å². The molecule has 0 aliphatic heterocycles. The van der Waals surface area contributed by atoms with Crippen LogP contribution in [0.15, 0.2) is 0 Å². The van der Waals surface area contributed by atoms with Crippen molar-refractivity contribution in [1.82, 2.24) is 0 Å². The van der Waals surface area contributed by atoms with Crippen LogP contribution in [-0.4, -0.2) is 0 Å². The fraction of sp³-hybridized carbons (Fsp3) is 0.714. The van der Waals surface area contributed by atoms with E-state index in [0.29, 0.717) is 0 Å². The SMILES string of the molecule is [CH2-]C(C)(C)[C-](C)C. The van der Waals surface area contributed by atoms with E-state index in [4.69, 9.17) is 0 Å². The minimum Gasteiger partial charge on any atom is -0.367 e. The lowest BCUT2D eigenvalue weighted by molar-refractivity contribution is 0.500. The first-order valence-corrected chi connectivity index (χ1v) is 2.60. The second kappa shape index (κ2) is 1.85. The smallest absolute Gasteiger partial charge is 0.113 e. The summed E-state index contributed by atoms with van der Waals surface area (Å²) < 4.78 is 0. The van der Waals surface area contributed by atoms with Gasteiger partial charge in [-0.15, -0.1) is 13.8 Å². The summed E-state index contributed by atoms with van der Waals surface area (Å²) in [6.45, 7) is 12.4. The molecule has 0 N–H and O–H groups in total. The summed E-state index contributed by atoms with van der Waals surface area (Å²) in [5.74, 6) is 1.38. The van der Waals surface area contributed by atoms with Crippen molar-refractivity contribution >= 4 is 0 Å². The van der Waals surface area contributed by atoms with Crippen LogP contribution in [0, 0.1) is 18.3 Å². The molecular weight excluding hydrogens is 84.1 g/mol. The molecule has 0 heterocycles. The largest absolute Gasteiger partial charge is 0.367 e. The Kier molecular flexibility index (Phi) is 1.85. The predicted molar refractivity (Wildman–Crippen MR) is 33.7 cm³/mol. The molecule has 0 nitrogen and oxygen atoms in total. The Balaban J connectivity index is 3.54. The lowest BCUT2D eigenvalue weighted by Crippen LogP contribution is -2.11. The molecule has 44 valence electrons. The summed E-state index contributed by atoms with van der Waals surface area (Å²) in [6, 6.07) is 0. The molecule has 0 spiro atoms. The maximum Gasteiger partial charge on any atom is -0.113 e. The molecule has 0 heteroatoms. The number of hydrogen-bond acceptors (Lipinski definition) is 0. The highest BCUT2D eigenvalue weighted by Gasteiger charge is 1.91. The summed E-state index contributed by atoms with van der Waals surface area (Å²) in [5.41, 5.74) is 0.167. The molecular formula is C7H14-2. The Labute approximate surface area is 46.9 Å². The van der Waals surface area contributed by atoms with Gasteiger partial charge in [0.15, 0.2) is 0 Å². The quantitative estimate of drug-likeness (QED) is 0.442. The van der Waals surface area contributed by atoms with Crippen molar-refractivity contribution in [1.29, 1.82) is 0 Å². The van der Waals surface area contributed by atoms with Gasteiger partial charge in [-0.2, -0.15) is 13.8 Å². The van der Waals surface area contributed by atoms with Crippen LogP contribution in [0.3, 0.4) is 0 Å². The van der Waals surface area contributed by atoms with Gasteiger partial charge in [0.1, 0.15) is 0 Å². The van der Waals surface area contributed by atoms with Gasteiger partial charge in [0, 0.05) is 0 Å². The lowest BCUT2D eigenvalue weighted by atomic mass is 9.84. The first-order valence-electron chi connectivity index (χ1n) is 2.60. The molecule has 0 aromatic carbocycles. The second-order valence-electron chi connectivity index (χ2n) is 2.88. The zero-order valence-corrected chi connectivity index (χ0v) is 5.71. The Hall–Kier alpha value is 0. The average Bonchev–Trinajstić information content (AvgIpc) is 1.31. The maximum absolute atomic E-state index is 3.93. The third-order valence-electron chi connectivity index (χ3n) is 1.35. The van der Waals surface area contributed by atoms with E-state index in [9.17, 15) is 0 Å². The molecule has 7 heavy (non-hydrogen) atoms. The lowest BCUT2D eigenvalue weighted by Gasteiger charge is -2.45. The molecule has 0 saturated heterocycles. The van der Waals surface area contributed by atoms with Gasteiger partial charge in [-0.3, -0.25) is 5.41 Å². The number of hydrogen-bond donors (Lipinski definition) is 0. The van der Waals surface area contributed by atoms with Crippen molar-refractivity contribution in [3.05, 3.63) is 12.8 Å². The maximum atomic E-state index is 3.93. The first-order chi connectivity index (χ1) is 2.94. The van der Waals surface area contributed by atoms with Crippen molar-refractivity contribution in [3.63, 3.8) is 0 Å². The van der Waals surface area contributed by atoms with E-state index in [-0.39, 0.29) is 5.41 Å². The summed E-state index contributed by atoms with van der Waals surface area (Å²) >= 11 is 0. The van der Waals surface area contributed by atoms with Crippen LogP contribution in [0.4, 0.5) is 0 Å². The van der Waals surface area contributed by atoms with E-state index < -0.39 is 0 Å². The minimum absolute atomic E-state index is 0.167. The van der Waals surface area contributed by atoms with Crippen molar-refractivity contribution in [2.75, 3.05) is 0 Å². The first kappa shape index (κ1) is 7.00. The number of rotatable bonds is 1. The highest BCUT2D eigenvalue weighted by Crippen LogP contribution is 2.25. The molecule has 0 aromatic heterocycles. The van der Waals surface area contributed by atoms with Gasteiger partial charge in [-0.05, 0) is 0 Å². The molecule has 0 saturated carbocycles. The average molecular weight is 98.2 g/mol. The van der Waals surface area contributed by atoms with Crippen molar-refractivity contribution in [3.8, 4) is 0 Å². The molecule has 0 atom stereocenters. The third kappa shape index (κ3) is 2.67. The minimum atomic E-state index is 0.167. The fourth-order valence-electron chi connectivity index (χ4n) is 0. The van der Waals surface area contributed by atoms with E-state index in [2.05, 4.69) is 34.6 Å². The predicted octanol–water partition coefficient (Wildman–Crippen LogP) is 2.46. The molecule has 0 aliphatic rings. The molecule has 0 fully saturated rings. The van der Waals surface area contributed by atoms with E-state index in [0.717, 1.165) is 0 Å². The van der Waals surface area contributed by atoms with Gasteiger partial charge < -0.3 is 12.8 Å². The van der Waals surface area contributed by atoms with Gasteiger partial charge in [0.25, 0.3) is 0 Å². The van der Waals surface area contributed by atoms with E-state index >= 15 is 0 Å². The summed E-state index contributed by atoms with van der Waals surface area (Å²) in [5, 5.41) is 0. The topological polar surface area (TPSA) is 0 Å². The molecule has 0 unspecified atom stereocenters. The highest BCUT2D eigenvalue weighted by atomic mass is 14.2. The van der Waals surface area contributed by atoms with E-state index in [1.807, 2.05) is 0 Å². The molecule has 0 aromatic rings. The Morgan fingerprint density at radius 3 is 1.43 bits per heavy atom. The van der Waals surface area contributed by atoms with Gasteiger partial charge in [0.2, 0.25) is 0 Å². The zero-order chi connectivity index (χ0) is 6.08. The van der Waals surface area contributed by atoms with Crippen molar-refractivity contribution < 1.29 is 0 Å².